The van der Waals surface area contributed by atoms with Gasteiger partial charge in [0.15, 0.2) is 0 Å². The number of nitrogens with zero attached hydrogens (tertiary/aromatic N) is 3. The number of hydrogen-bond donors (Lipinski definition) is 1. The highest BCUT2D eigenvalue weighted by molar-refractivity contribution is 5.94. The zero-order valence-corrected chi connectivity index (χ0v) is 15.0. The number of carbonyl (C=O) groups excluding carboxylic acids is 1. The van der Waals surface area contributed by atoms with Gasteiger partial charge in [-0.15, -0.1) is 0 Å². The van der Waals surface area contributed by atoms with E-state index in [0.29, 0.717) is 43.5 Å². The summed E-state index contributed by atoms with van der Waals surface area (Å²) in [7, 11) is 0. The molecule has 1 fully saturated rings. The second-order valence-corrected chi connectivity index (χ2v) is 6.97. The fraction of sp³-hybridized carbons (Fsp3) is 0.421. The van der Waals surface area contributed by atoms with Gasteiger partial charge in [0.2, 0.25) is 5.56 Å². The van der Waals surface area contributed by atoms with E-state index in [2.05, 4.69) is 23.8 Å². The van der Waals surface area contributed by atoms with Crippen LogP contribution >= 0.6 is 0 Å². The van der Waals surface area contributed by atoms with Gasteiger partial charge in [-0.25, -0.2) is 9.37 Å². The van der Waals surface area contributed by atoms with Gasteiger partial charge in [-0.05, 0) is 30.5 Å². The molecule has 0 aliphatic carbocycles. The minimum atomic E-state index is -0.367. The van der Waals surface area contributed by atoms with Crippen molar-refractivity contribution in [3.05, 3.63) is 57.9 Å². The van der Waals surface area contributed by atoms with Gasteiger partial charge in [0.1, 0.15) is 11.6 Å². The quantitative estimate of drug-likeness (QED) is 0.908. The van der Waals surface area contributed by atoms with Crippen LogP contribution in [0.5, 0.6) is 0 Å². The topological polar surface area (TPSA) is 69.3 Å². The molecule has 0 unspecified atom stereocenters. The minimum absolute atomic E-state index is 0.132. The third kappa shape index (κ3) is 4.28. The van der Waals surface area contributed by atoms with E-state index in [0.717, 1.165) is 12.1 Å². The number of piperazine rings is 1. The van der Waals surface area contributed by atoms with Gasteiger partial charge in [0, 0.05) is 43.5 Å². The largest absolute Gasteiger partial charge is 0.353 e. The van der Waals surface area contributed by atoms with E-state index >= 15 is 0 Å². The Morgan fingerprint density at radius 2 is 1.96 bits per heavy atom. The van der Waals surface area contributed by atoms with E-state index in [1.807, 2.05) is 4.90 Å². The van der Waals surface area contributed by atoms with Crippen LogP contribution in [-0.4, -0.2) is 47.0 Å². The lowest BCUT2D eigenvalue weighted by Crippen LogP contribution is -2.49. The molecule has 0 atom stereocenters. The lowest BCUT2D eigenvalue weighted by atomic mass is 10.1. The molecule has 1 amide bonds. The highest BCUT2D eigenvalue weighted by Crippen LogP contribution is 2.15. The standard InChI is InChI=1S/C19H23FN4O2/c1-13(2)9-16-10-14(11-18(25)22-16)19(26)24-7-5-23(6-8-24)17-4-3-15(20)12-21-17/h3-4,10-13H,5-9H2,1-2H3,(H,22,25). The first kappa shape index (κ1) is 18.1. The van der Waals surface area contributed by atoms with Crippen LogP contribution in [0.15, 0.2) is 35.3 Å². The molecule has 1 aliphatic rings. The monoisotopic (exact) mass is 358 g/mol. The molecule has 26 heavy (non-hydrogen) atoms. The molecule has 6 nitrogen and oxygen atoms in total. The fourth-order valence-corrected chi connectivity index (χ4v) is 3.15. The molecule has 1 N–H and O–H groups in total. The predicted octanol–water partition coefficient (Wildman–Crippen LogP) is 2.07. The SMILES string of the molecule is CC(C)Cc1cc(C(=O)N2CCN(c3ccc(F)cn3)CC2)cc(=O)[nH]1. The molecule has 1 saturated heterocycles. The van der Waals surface area contributed by atoms with Gasteiger partial charge in [-0.3, -0.25) is 9.59 Å². The molecule has 138 valence electrons. The van der Waals surface area contributed by atoms with Gasteiger partial charge in [0.05, 0.1) is 6.20 Å². The zero-order valence-electron chi connectivity index (χ0n) is 15.0. The number of amides is 1. The van der Waals surface area contributed by atoms with Crippen molar-refractivity contribution in [1.29, 1.82) is 0 Å². The van der Waals surface area contributed by atoms with E-state index in [1.165, 1.54) is 18.3 Å². The Kier molecular flexibility index (Phi) is 5.35. The van der Waals surface area contributed by atoms with E-state index in [1.54, 1.807) is 17.0 Å². The Balaban J connectivity index is 1.67. The van der Waals surface area contributed by atoms with Crippen LogP contribution in [0.4, 0.5) is 10.2 Å². The summed E-state index contributed by atoms with van der Waals surface area (Å²) in [4.78, 5) is 35.3. The van der Waals surface area contributed by atoms with Crippen molar-refractivity contribution in [2.24, 2.45) is 5.92 Å². The van der Waals surface area contributed by atoms with E-state index < -0.39 is 0 Å². The van der Waals surface area contributed by atoms with Crippen LogP contribution in [0.2, 0.25) is 0 Å². The summed E-state index contributed by atoms with van der Waals surface area (Å²) in [6.45, 7) is 6.43. The first-order valence-electron chi connectivity index (χ1n) is 8.81. The molecule has 0 aromatic carbocycles. The molecule has 3 rings (SSSR count). The number of aromatic nitrogens is 2. The number of aromatic amines is 1. The van der Waals surface area contributed by atoms with Crippen molar-refractivity contribution < 1.29 is 9.18 Å². The summed E-state index contributed by atoms with van der Waals surface area (Å²) in [6.07, 6.45) is 1.92. The van der Waals surface area contributed by atoms with Crippen LogP contribution in [0.3, 0.4) is 0 Å². The maximum Gasteiger partial charge on any atom is 0.254 e. The third-order valence-electron chi connectivity index (χ3n) is 4.38. The maximum absolute atomic E-state index is 13.0. The summed E-state index contributed by atoms with van der Waals surface area (Å²) in [6, 6.07) is 6.16. The lowest BCUT2D eigenvalue weighted by Gasteiger charge is -2.35. The Morgan fingerprint density at radius 3 is 2.58 bits per heavy atom. The third-order valence-corrected chi connectivity index (χ3v) is 4.38. The van der Waals surface area contributed by atoms with Gasteiger partial charge < -0.3 is 14.8 Å². The lowest BCUT2D eigenvalue weighted by molar-refractivity contribution is 0.0746. The molecule has 0 saturated carbocycles. The van der Waals surface area contributed by atoms with Gasteiger partial charge >= 0.3 is 0 Å². The number of pyridine rings is 2. The number of halogens is 1. The number of rotatable bonds is 4. The minimum Gasteiger partial charge on any atom is -0.353 e. The van der Waals surface area contributed by atoms with E-state index in [4.69, 9.17) is 0 Å². The Bertz CT molecular complexity index is 824. The zero-order chi connectivity index (χ0) is 18.7. The summed E-state index contributed by atoms with van der Waals surface area (Å²) in [5, 5.41) is 0. The van der Waals surface area contributed by atoms with Crippen LogP contribution in [-0.2, 0) is 6.42 Å². The molecule has 7 heteroatoms. The summed E-state index contributed by atoms with van der Waals surface area (Å²) in [5.41, 5.74) is 0.961. The van der Waals surface area contributed by atoms with Crippen molar-refractivity contribution in [3.63, 3.8) is 0 Å². The average Bonchev–Trinajstić information content (AvgIpc) is 2.61. The highest BCUT2D eigenvalue weighted by atomic mass is 19.1. The van der Waals surface area contributed by atoms with Crippen molar-refractivity contribution in [2.75, 3.05) is 31.1 Å². The van der Waals surface area contributed by atoms with Crippen LogP contribution in [0.25, 0.3) is 0 Å². The molecular weight excluding hydrogens is 335 g/mol. The second-order valence-electron chi connectivity index (χ2n) is 6.97. The van der Waals surface area contributed by atoms with Gasteiger partial charge in [-0.2, -0.15) is 0 Å². The number of anilines is 1. The van der Waals surface area contributed by atoms with Gasteiger partial charge in [-0.1, -0.05) is 13.8 Å². The van der Waals surface area contributed by atoms with Crippen LogP contribution in [0, 0.1) is 11.7 Å². The number of carbonyl (C=O) groups is 1. The molecule has 0 bridgehead atoms. The normalized spacial score (nSPS) is 14.8. The van der Waals surface area contributed by atoms with E-state index in [9.17, 15) is 14.0 Å². The number of H-pyrrole nitrogens is 1. The van der Waals surface area contributed by atoms with Crippen molar-refractivity contribution in [1.82, 2.24) is 14.9 Å². The molecular formula is C19H23FN4O2. The van der Waals surface area contributed by atoms with Crippen LogP contribution < -0.4 is 10.5 Å². The molecule has 3 heterocycles. The number of nitrogens with one attached hydrogen (secondary N) is 1. The first-order chi connectivity index (χ1) is 12.4. The summed E-state index contributed by atoms with van der Waals surface area (Å²) in [5.74, 6) is 0.596. The summed E-state index contributed by atoms with van der Waals surface area (Å²) < 4.78 is 13.0. The Morgan fingerprint density at radius 1 is 1.23 bits per heavy atom. The predicted molar refractivity (Wildman–Crippen MR) is 97.9 cm³/mol. The average molecular weight is 358 g/mol. The summed E-state index contributed by atoms with van der Waals surface area (Å²) >= 11 is 0. The van der Waals surface area contributed by atoms with Gasteiger partial charge in [0.25, 0.3) is 5.91 Å². The highest BCUT2D eigenvalue weighted by Gasteiger charge is 2.23. The van der Waals surface area contributed by atoms with E-state index in [-0.39, 0.29) is 17.3 Å². The van der Waals surface area contributed by atoms with Crippen molar-refractivity contribution >= 4 is 11.7 Å². The second kappa shape index (κ2) is 7.68. The Hall–Kier alpha value is -2.70. The molecule has 0 spiro atoms. The molecule has 1 aliphatic heterocycles. The molecule has 2 aromatic rings. The molecule has 0 radical (unpaired) electrons. The van der Waals surface area contributed by atoms with Crippen molar-refractivity contribution in [3.8, 4) is 0 Å². The van der Waals surface area contributed by atoms with Crippen LogP contribution in [0.1, 0.15) is 29.9 Å². The Labute approximate surface area is 151 Å². The van der Waals surface area contributed by atoms with Crippen molar-refractivity contribution in [2.45, 2.75) is 20.3 Å². The maximum atomic E-state index is 13.0. The first-order valence-corrected chi connectivity index (χ1v) is 8.81. The number of hydrogen-bond acceptors (Lipinski definition) is 4. The fourth-order valence-electron chi connectivity index (χ4n) is 3.15. The molecule has 2 aromatic heterocycles. The smallest absolute Gasteiger partial charge is 0.254 e.